The molecule has 1 aromatic heterocycles. The lowest BCUT2D eigenvalue weighted by molar-refractivity contribution is -0.384. The quantitative estimate of drug-likeness (QED) is 0.308. The third kappa shape index (κ3) is 6.03. The molecule has 1 aromatic carbocycles. The van der Waals surface area contributed by atoms with Crippen LogP contribution in [0.15, 0.2) is 24.3 Å². The molecule has 1 heterocycles. The third-order valence-electron chi connectivity index (χ3n) is 3.93. The number of non-ortho nitro benzene ring substituents is 1. The summed E-state index contributed by atoms with van der Waals surface area (Å²) in [5.74, 6) is 6.63. The Hall–Kier alpha value is -3.01. The van der Waals surface area contributed by atoms with Crippen molar-refractivity contribution in [1.29, 1.82) is 0 Å². The SMILES string of the molecule is CCCCN(CCCC)c1nc(NN)nc(Nc2ccc([N+](=O)[O-])cc2)n1. The zero-order valence-corrected chi connectivity index (χ0v) is 15.7. The predicted molar refractivity (Wildman–Crippen MR) is 106 cm³/mol. The lowest BCUT2D eigenvalue weighted by Crippen LogP contribution is -2.28. The Bertz CT molecular complexity index is 730. The highest BCUT2D eigenvalue weighted by Crippen LogP contribution is 2.20. The van der Waals surface area contributed by atoms with Crippen LogP contribution >= 0.6 is 0 Å². The molecule has 0 aliphatic rings. The number of hydrogen-bond donors (Lipinski definition) is 3. The number of anilines is 4. The normalized spacial score (nSPS) is 10.5. The number of nitrogens with zero attached hydrogens (tertiary/aromatic N) is 5. The first-order chi connectivity index (χ1) is 13.1. The molecule has 146 valence electrons. The van der Waals surface area contributed by atoms with Crippen LogP contribution in [0.2, 0.25) is 0 Å². The zero-order chi connectivity index (χ0) is 19.6. The minimum Gasteiger partial charge on any atom is -0.341 e. The van der Waals surface area contributed by atoms with Gasteiger partial charge in [0.2, 0.25) is 17.8 Å². The van der Waals surface area contributed by atoms with Gasteiger partial charge in [0, 0.05) is 30.9 Å². The summed E-state index contributed by atoms with van der Waals surface area (Å²) in [4.78, 5) is 25.5. The van der Waals surface area contributed by atoms with Gasteiger partial charge in [0.15, 0.2) is 0 Å². The lowest BCUT2D eigenvalue weighted by Gasteiger charge is -2.23. The molecule has 0 amide bonds. The number of nitrogen functional groups attached to an aromatic ring is 1. The van der Waals surface area contributed by atoms with Gasteiger partial charge in [-0.3, -0.25) is 15.5 Å². The van der Waals surface area contributed by atoms with Gasteiger partial charge >= 0.3 is 0 Å². The van der Waals surface area contributed by atoms with Crippen LogP contribution in [0.1, 0.15) is 39.5 Å². The summed E-state index contributed by atoms with van der Waals surface area (Å²) in [7, 11) is 0. The summed E-state index contributed by atoms with van der Waals surface area (Å²) in [6.45, 7) is 5.97. The van der Waals surface area contributed by atoms with Crippen LogP contribution in [0, 0.1) is 10.1 Å². The summed E-state index contributed by atoms with van der Waals surface area (Å²) >= 11 is 0. The highest BCUT2D eigenvalue weighted by molar-refractivity contribution is 5.57. The Kier molecular flexibility index (Phi) is 7.68. The molecule has 0 fully saturated rings. The van der Waals surface area contributed by atoms with Crippen LogP contribution in [0.3, 0.4) is 0 Å². The number of rotatable bonds is 11. The molecule has 0 bridgehead atoms. The molecule has 0 saturated heterocycles. The Labute approximate surface area is 158 Å². The number of nitro groups is 1. The number of nitro benzene ring substituents is 1. The number of hydrazine groups is 1. The molecule has 10 nitrogen and oxygen atoms in total. The third-order valence-corrected chi connectivity index (χ3v) is 3.93. The van der Waals surface area contributed by atoms with E-state index in [0.29, 0.717) is 17.6 Å². The minimum absolute atomic E-state index is 0.0199. The number of hydrogen-bond acceptors (Lipinski definition) is 9. The van der Waals surface area contributed by atoms with Gasteiger partial charge in [-0.1, -0.05) is 26.7 Å². The van der Waals surface area contributed by atoms with Gasteiger partial charge < -0.3 is 10.2 Å². The molecule has 0 atom stereocenters. The fourth-order valence-electron chi connectivity index (χ4n) is 2.43. The molecule has 10 heteroatoms. The second-order valence-electron chi connectivity index (χ2n) is 6.05. The maximum atomic E-state index is 10.8. The first-order valence-corrected chi connectivity index (χ1v) is 9.06. The molecule has 0 spiro atoms. The summed E-state index contributed by atoms with van der Waals surface area (Å²) in [6.07, 6.45) is 4.21. The van der Waals surface area contributed by atoms with Crippen LogP contribution in [-0.2, 0) is 0 Å². The average Bonchev–Trinajstić information content (AvgIpc) is 2.68. The molecule has 0 radical (unpaired) electrons. The molecule has 0 aliphatic heterocycles. The van der Waals surface area contributed by atoms with E-state index >= 15 is 0 Å². The number of nitrogens with one attached hydrogen (secondary N) is 2. The van der Waals surface area contributed by atoms with E-state index in [1.807, 2.05) is 0 Å². The second kappa shape index (κ2) is 10.2. The second-order valence-corrected chi connectivity index (χ2v) is 6.05. The highest BCUT2D eigenvalue weighted by atomic mass is 16.6. The molecular weight excluding hydrogens is 348 g/mol. The Morgan fingerprint density at radius 1 is 1.04 bits per heavy atom. The Balaban J connectivity index is 2.25. The molecule has 0 aliphatic carbocycles. The summed E-state index contributed by atoms with van der Waals surface area (Å²) in [6, 6.07) is 6.04. The number of nitrogens with two attached hydrogens (primary N) is 1. The summed E-state index contributed by atoms with van der Waals surface area (Å²) in [5.41, 5.74) is 3.12. The van der Waals surface area contributed by atoms with E-state index < -0.39 is 4.92 Å². The number of unbranched alkanes of at least 4 members (excludes halogenated alkanes) is 2. The van der Waals surface area contributed by atoms with Crippen molar-refractivity contribution in [1.82, 2.24) is 15.0 Å². The van der Waals surface area contributed by atoms with Gasteiger partial charge in [0.05, 0.1) is 4.92 Å². The molecule has 2 aromatic rings. The van der Waals surface area contributed by atoms with E-state index in [4.69, 9.17) is 5.84 Å². The highest BCUT2D eigenvalue weighted by Gasteiger charge is 2.13. The van der Waals surface area contributed by atoms with Crippen LogP contribution in [-0.4, -0.2) is 33.0 Å². The monoisotopic (exact) mass is 374 g/mol. The summed E-state index contributed by atoms with van der Waals surface area (Å²) in [5, 5.41) is 13.8. The maximum absolute atomic E-state index is 10.8. The van der Waals surface area contributed by atoms with Crippen molar-refractivity contribution in [2.75, 3.05) is 28.7 Å². The number of aromatic nitrogens is 3. The van der Waals surface area contributed by atoms with E-state index in [9.17, 15) is 10.1 Å². The molecule has 27 heavy (non-hydrogen) atoms. The van der Waals surface area contributed by atoms with Crippen molar-refractivity contribution in [2.24, 2.45) is 5.84 Å². The Morgan fingerprint density at radius 3 is 2.15 bits per heavy atom. The fourth-order valence-corrected chi connectivity index (χ4v) is 2.43. The predicted octanol–water partition coefficient (Wildman–Crippen LogP) is 3.22. The molecule has 4 N–H and O–H groups in total. The van der Waals surface area contributed by atoms with E-state index in [1.165, 1.54) is 12.1 Å². The lowest BCUT2D eigenvalue weighted by atomic mass is 10.3. The fraction of sp³-hybridized carbons (Fsp3) is 0.471. The number of benzene rings is 1. The van der Waals surface area contributed by atoms with Crippen molar-refractivity contribution in [3.63, 3.8) is 0 Å². The largest absolute Gasteiger partial charge is 0.341 e. The van der Waals surface area contributed by atoms with Gasteiger partial charge in [-0.25, -0.2) is 5.84 Å². The van der Waals surface area contributed by atoms with E-state index in [1.54, 1.807) is 12.1 Å². The molecular formula is C17H26N8O2. The maximum Gasteiger partial charge on any atom is 0.269 e. The van der Waals surface area contributed by atoms with Crippen LogP contribution in [0.25, 0.3) is 0 Å². The Morgan fingerprint density at radius 2 is 1.63 bits per heavy atom. The van der Waals surface area contributed by atoms with Crippen LogP contribution in [0.5, 0.6) is 0 Å². The van der Waals surface area contributed by atoms with E-state index in [2.05, 4.69) is 44.4 Å². The standard InChI is InChI=1S/C17H26N8O2/c1-3-5-11-24(12-6-4-2)17-21-15(20-16(22-17)23-18)19-13-7-9-14(10-8-13)25(26)27/h7-10H,3-6,11-12,18H2,1-2H3,(H2,19,20,21,22,23). The van der Waals surface area contributed by atoms with Crippen molar-refractivity contribution in [3.05, 3.63) is 34.4 Å². The van der Waals surface area contributed by atoms with E-state index in [0.717, 1.165) is 38.8 Å². The average molecular weight is 374 g/mol. The topological polar surface area (TPSA) is 135 Å². The first-order valence-electron chi connectivity index (χ1n) is 9.06. The molecule has 0 saturated carbocycles. The van der Waals surface area contributed by atoms with Gasteiger partial charge in [-0.15, -0.1) is 0 Å². The van der Waals surface area contributed by atoms with Crippen molar-refractivity contribution in [2.45, 2.75) is 39.5 Å². The molecule has 0 unspecified atom stereocenters. The first kappa shape index (κ1) is 20.3. The van der Waals surface area contributed by atoms with Crippen molar-refractivity contribution < 1.29 is 4.92 Å². The van der Waals surface area contributed by atoms with E-state index in [-0.39, 0.29) is 11.6 Å². The van der Waals surface area contributed by atoms with Gasteiger partial charge in [-0.05, 0) is 25.0 Å². The van der Waals surface area contributed by atoms with Crippen LogP contribution < -0.4 is 21.5 Å². The van der Waals surface area contributed by atoms with Crippen LogP contribution in [0.4, 0.5) is 29.2 Å². The van der Waals surface area contributed by atoms with Crippen molar-refractivity contribution >= 4 is 29.2 Å². The minimum atomic E-state index is -0.444. The zero-order valence-electron chi connectivity index (χ0n) is 15.7. The van der Waals surface area contributed by atoms with Gasteiger partial charge in [0.25, 0.3) is 5.69 Å². The van der Waals surface area contributed by atoms with Gasteiger partial charge in [-0.2, -0.15) is 15.0 Å². The van der Waals surface area contributed by atoms with Crippen molar-refractivity contribution in [3.8, 4) is 0 Å². The van der Waals surface area contributed by atoms with Gasteiger partial charge in [0.1, 0.15) is 0 Å². The molecule has 2 rings (SSSR count). The summed E-state index contributed by atoms with van der Waals surface area (Å²) < 4.78 is 0. The smallest absolute Gasteiger partial charge is 0.269 e.